The Labute approximate surface area is 217 Å². The average molecular weight is 496 g/mol. The number of ether oxygens (including phenoxy) is 1. The lowest BCUT2D eigenvalue weighted by molar-refractivity contribution is -0.124. The molecule has 1 aromatic carbocycles. The summed E-state index contributed by atoms with van der Waals surface area (Å²) < 4.78 is 6.27. The Morgan fingerprint density at radius 1 is 1.19 bits per heavy atom. The maximum Gasteiger partial charge on any atom is 0.222 e. The van der Waals surface area contributed by atoms with E-state index >= 15 is 0 Å². The number of nitriles is 1. The van der Waals surface area contributed by atoms with Gasteiger partial charge in [-0.25, -0.2) is 0 Å². The minimum absolute atomic E-state index is 0.0640. The molecule has 7 heteroatoms. The van der Waals surface area contributed by atoms with Crippen LogP contribution in [0.5, 0.6) is 0 Å². The number of rotatable bonds is 9. The van der Waals surface area contributed by atoms with E-state index in [9.17, 15) is 4.79 Å². The van der Waals surface area contributed by atoms with Gasteiger partial charge in [-0.1, -0.05) is 57.5 Å². The number of hydrogen-bond acceptors (Lipinski definition) is 4. The summed E-state index contributed by atoms with van der Waals surface area (Å²) in [5.41, 5.74) is 1.18. The number of carbonyl (C=O) groups excluding carboxylic acids is 1. The van der Waals surface area contributed by atoms with Gasteiger partial charge in [0.05, 0.1) is 12.7 Å². The van der Waals surface area contributed by atoms with Crippen molar-refractivity contribution in [1.82, 2.24) is 16.0 Å². The molecule has 2 aliphatic rings. The van der Waals surface area contributed by atoms with Crippen LogP contribution in [0.1, 0.15) is 77.7 Å². The molecule has 0 aromatic heterocycles. The van der Waals surface area contributed by atoms with Crippen LogP contribution in [0.15, 0.2) is 35.3 Å². The lowest BCUT2D eigenvalue weighted by atomic mass is 9.68. The Morgan fingerprint density at radius 2 is 1.92 bits per heavy atom. The SMILES string of the molecule is CN/C(=N\C#N)N[C@H]1CC[C@](CNC(=O)CCO[C@H]2C[C@@H](C)CC[C@@H]2C(C)C)(c2ccccc2)CC1. The summed E-state index contributed by atoms with van der Waals surface area (Å²) in [5.74, 6) is 2.48. The van der Waals surface area contributed by atoms with E-state index in [1.807, 2.05) is 12.3 Å². The van der Waals surface area contributed by atoms with Gasteiger partial charge in [-0.15, -0.1) is 4.99 Å². The average Bonchev–Trinajstić information content (AvgIpc) is 2.88. The Morgan fingerprint density at radius 3 is 2.56 bits per heavy atom. The molecular formula is C29H45N5O2. The molecule has 198 valence electrons. The second-order valence-corrected chi connectivity index (χ2v) is 11.1. The standard InChI is InChI=1S/C29H45N5O2/c1-21(2)25-11-10-22(3)18-26(25)36-17-14-27(35)32-19-29(23-8-6-5-7-9-23)15-12-24(13-16-29)34-28(31-4)33-20-30/h5-9,21-22,24-26H,10-19H2,1-4H3,(H,32,35)(H2,31,33,34)/t22-,24-,25+,26-,29-/m0/s1. The number of nitrogens with zero attached hydrogens (tertiary/aromatic N) is 2. The fraction of sp³-hybridized carbons (Fsp3) is 0.690. The predicted octanol–water partition coefficient (Wildman–Crippen LogP) is 4.50. The first-order valence-corrected chi connectivity index (χ1v) is 13.7. The van der Waals surface area contributed by atoms with Gasteiger partial charge in [0, 0.05) is 31.5 Å². The second kappa shape index (κ2) is 13.6. The van der Waals surface area contributed by atoms with Crippen LogP contribution < -0.4 is 16.0 Å². The number of hydrogen-bond donors (Lipinski definition) is 3. The summed E-state index contributed by atoms with van der Waals surface area (Å²) in [6.07, 6.45) is 9.90. The first-order valence-electron chi connectivity index (χ1n) is 13.7. The Kier molecular flexibility index (Phi) is 10.6. The second-order valence-electron chi connectivity index (χ2n) is 11.1. The van der Waals surface area contributed by atoms with Crippen molar-refractivity contribution in [3.05, 3.63) is 35.9 Å². The van der Waals surface area contributed by atoms with Gasteiger partial charge in [0.25, 0.3) is 0 Å². The first kappa shape index (κ1) is 28.0. The Bertz CT molecular complexity index is 887. The molecule has 1 amide bonds. The fourth-order valence-electron chi connectivity index (χ4n) is 6.04. The molecule has 2 saturated carbocycles. The summed E-state index contributed by atoms with van der Waals surface area (Å²) >= 11 is 0. The fourth-order valence-corrected chi connectivity index (χ4v) is 6.04. The van der Waals surface area contributed by atoms with Crippen LogP contribution >= 0.6 is 0 Å². The maximum absolute atomic E-state index is 12.8. The van der Waals surface area contributed by atoms with Crippen LogP contribution in [0.4, 0.5) is 0 Å². The van der Waals surface area contributed by atoms with Crippen molar-refractivity contribution in [2.75, 3.05) is 20.2 Å². The van der Waals surface area contributed by atoms with E-state index in [1.165, 1.54) is 18.4 Å². The summed E-state index contributed by atoms with van der Waals surface area (Å²) in [7, 11) is 1.76. The molecule has 0 spiro atoms. The van der Waals surface area contributed by atoms with E-state index < -0.39 is 0 Å². The van der Waals surface area contributed by atoms with Crippen molar-refractivity contribution in [3.8, 4) is 6.19 Å². The zero-order chi connectivity index (χ0) is 26.0. The van der Waals surface area contributed by atoms with Crippen molar-refractivity contribution in [2.45, 2.75) is 89.7 Å². The van der Waals surface area contributed by atoms with Gasteiger partial charge in [-0.05, 0) is 61.8 Å². The Balaban J connectivity index is 1.54. The number of benzene rings is 1. The molecule has 0 aliphatic heterocycles. The smallest absolute Gasteiger partial charge is 0.222 e. The molecule has 3 atom stereocenters. The molecule has 36 heavy (non-hydrogen) atoms. The molecule has 0 radical (unpaired) electrons. The quantitative estimate of drug-likeness (QED) is 0.266. The molecular weight excluding hydrogens is 450 g/mol. The third kappa shape index (κ3) is 7.70. The van der Waals surface area contributed by atoms with Crippen molar-refractivity contribution in [3.63, 3.8) is 0 Å². The molecule has 7 nitrogen and oxygen atoms in total. The third-order valence-electron chi connectivity index (χ3n) is 8.31. The minimum Gasteiger partial charge on any atom is -0.377 e. The first-order chi connectivity index (χ1) is 17.4. The van der Waals surface area contributed by atoms with Crippen LogP contribution in [-0.2, 0) is 14.9 Å². The van der Waals surface area contributed by atoms with Crippen molar-refractivity contribution in [2.24, 2.45) is 22.7 Å². The molecule has 2 fully saturated rings. The van der Waals surface area contributed by atoms with Gasteiger partial charge in [-0.3, -0.25) is 4.79 Å². The normalized spacial score (nSPS) is 28.8. The summed E-state index contributed by atoms with van der Waals surface area (Å²) in [4.78, 5) is 16.6. The minimum atomic E-state index is -0.0936. The Hall–Kier alpha value is -2.59. The van der Waals surface area contributed by atoms with Crippen molar-refractivity contribution < 1.29 is 9.53 Å². The number of amides is 1. The number of guanidine groups is 1. The highest BCUT2D eigenvalue weighted by atomic mass is 16.5. The van der Waals surface area contributed by atoms with E-state index in [0.717, 1.165) is 32.1 Å². The number of nitrogens with one attached hydrogen (secondary N) is 3. The van der Waals surface area contributed by atoms with Gasteiger partial charge in [0.2, 0.25) is 18.1 Å². The zero-order valence-electron chi connectivity index (χ0n) is 22.6. The maximum atomic E-state index is 12.8. The van der Waals surface area contributed by atoms with Gasteiger partial charge in [-0.2, -0.15) is 5.26 Å². The lowest BCUT2D eigenvalue weighted by Crippen LogP contribution is -2.49. The molecule has 3 rings (SSSR count). The topological polar surface area (TPSA) is 98.5 Å². The number of carbonyl (C=O) groups is 1. The van der Waals surface area contributed by atoms with Crippen molar-refractivity contribution in [1.29, 1.82) is 5.26 Å². The summed E-state index contributed by atoms with van der Waals surface area (Å²) in [6, 6.07) is 10.8. The van der Waals surface area contributed by atoms with Crippen molar-refractivity contribution >= 4 is 11.9 Å². The highest BCUT2D eigenvalue weighted by molar-refractivity contribution is 5.80. The van der Waals surface area contributed by atoms with E-state index in [-0.39, 0.29) is 23.5 Å². The molecule has 0 saturated heterocycles. The van der Waals surface area contributed by atoms with Gasteiger partial charge in [0.15, 0.2) is 0 Å². The lowest BCUT2D eigenvalue weighted by Gasteiger charge is -2.41. The van der Waals surface area contributed by atoms with Crippen LogP contribution in [-0.4, -0.2) is 44.2 Å². The molecule has 2 aliphatic carbocycles. The molecule has 1 aromatic rings. The van der Waals surface area contributed by atoms with Crippen LogP contribution in [0.3, 0.4) is 0 Å². The predicted molar refractivity (Wildman–Crippen MR) is 144 cm³/mol. The molecule has 0 unspecified atom stereocenters. The molecule has 0 heterocycles. The van der Waals surface area contributed by atoms with Crippen LogP contribution in [0.2, 0.25) is 0 Å². The van der Waals surface area contributed by atoms with Crippen LogP contribution in [0, 0.1) is 29.2 Å². The van der Waals surface area contributed by atoms with E-state index in [2.05, 4.69) is 66.0 Å². The van der Waals surface area contributed by atoms with E-state index in [0.29, 0.717) is 43.3 Å². The van der Waals surface area contributed by atoms with E-state index in [1.54, 1.807) is 7.05 Å². The van der Waals surface area contributed by atoms with Gasteiger partial charge >= 0.3 is 0 Å². The largest absolute Gasteiger partial charge is 0.377 e. The monoisotopic (exact) mass is 495 g/mol. The molecule has 0 bridgehead atoms. The van der Waals surface area contributed by atoms with E-state index in [4.69, 9.17) is 10.00 Å². The van der Waals surface area contributed by atoms with Gasteiger partial charge in [0.1, 0.15) is 0 Å². The number of aliphatic imine (C=N–C) groups is 1. The summed E-state index contributed by atoms with van der Waals surface area (Å²) in [6.45, 7) is 7.99. The highest BCUT2D eigenvalue weighted by Gasteiger charge is 2.37. The van der Waals surface area contributed by atoms with Crippen LogP contribution in [0.25, 0.3) is 0 Å². The highest BCUT2D eigenvalue weighted by Crippen LogP contribution is 2.39. The molecule has 3 N–H and O–H groups in total. The van der Waals surface area contributed by atoms with Gasteiger partial charge < -0.3 is 20.7 Å². The third-order valence-corrected chi connectivity index (χ3v) is 8.31. The summed E-state index contributed by atoms with van der Waals surface area (Å²) in [5, 5.41) is 18.4. The zero-order valence-corrected chi connectivity index (χ0v) is 22.6.